The minimum Gasteiger partial charge on any atom is -0.424 e. The van der Waals surface area contributed by atoms with Crippen molar-refractivity contribution < 1.29 is 9.84 Å². The van der Waals surface area contributed by atoms with Crippen molar-refractivity contribution in [1.82, 2.24) is 9.97 Å². The highest BCUT2D eigenvalue weighted by Gasteiger charge is 2.06. The van der Waals surface area contributed by atoms with Gasteiger partial charge < -0.3 is 15.6 Å². The first-order chi connectivity index (χ1) is 8.29. The number of hydrogen-bond acceptors (Lipinski definition) is 5. The van der Waals surface area contributed by atoms with Gasteiger partial charge in [0.2, 0.25) is 0 Å². The molecular formula is C12H13N3O2. The molecule has 0 saturated heterocycles. The maximum Gasteiger partial charge on any atom is 0.321 e. The summed E-state index contributed by atoms with van der Waals surface area (Å²) in [7, 11) is 0. The van der Waals surface area contributed by atoms with Crippen molar-refractivity contribution in [2.24, 2.45) is 5.73 Å². The second-order valence-electron chi connectivity index (χ2n) is 3.49. The standard InChI is InChI=1S/C12H13N3O2/c13-11(8-16)9-3-1-4-10(7-9)17-12-14-5-2-6-15-12/h1-7,11,16H,8,13H2/t11-/m1/s1. The summed E-state index contributed by atoms with van der Waals surface area (Å²) in [5.41, 5.74) is 6.53. The van der Waals surface area contributed by atoms with Crippen molar-refractivity contribution in [3.05, 3.63) is 48.3 Å². The van der Waals surface area contributed by atoms with Crippen molar-refractivity contribution in [2.45, 2.75) is 6.04 Å². The molecule has 0 saturated carbocycles. The molecule has 3 N–H and O–H groups in total. The number of rotatable bonds is 4. The molecule has 0 amide bonds. The van der Waals surface area contributed by atoms with Gasteiger partial charge in [-0.15, -0.1) is 0 Å². The van der Waals surface area contributed by atoms with E-state index < -0.39 is 6.04 Å². The average molecular weight is 231 g/mol. The van der Waals surface area contributed by atoms with Crippen LogP contribution in [0.2, 0.25) is 0 Å². The van der Waals surface area contributed by atoms with Crippen LogP contribution in [0.5, 0.6) is 11.8 Å². The smallest absolute Gasteiger partial charge is 0.321 e. The molecule has 1 aromatic heterocycles. The lowest BCUT2D eigenvalue weighted by Crippen LogP contribution is -2.14. The van der Waals surface area contributed by atoms with Crippen LogP contribution in [-0.4, -0.2) is 21.7 Å². The summed E-state index contributed by atoms with van der Waals surface area (Å²) in [6.45, 7) is -0.106. The van der Waals surface area contributed by atoms with E-state index >= 15 is 0 Å². The van der Waals surface area contributed by atoms with Crippen LogP contribution in [0.4, 0.5) is 0 Å². The molecule has 0 aliphatic heterocycles. The van der Waals surface area contributed by atoms with Gasteiger partial charge in [-0.3, -0.25) is 0 Å². The number of hydrogen-bond donors (Lipinski definition) is 2. The monoisotopic (exact) mass is 231 g/mol. The zero-order chi connectivity index (χ0) is 12.1. The third-order valence-corrected chi connectivity index (χ3v) is 2.23. The number of aliphatic hydroxyl groups is 1. The number of benzene rings is 1. The Kier molecular flexibility index (Phi) is 3.64. The molecule has 17 heavy (non-hydrogen) atoms. The average Bonchev–Trinajstić information content (AvgIpc) is 2.39. The lowest BCUT2D eigenvalue weighted by Gasteiger charge is -2.10. The molecule has 2 aromatic rings. The predicted molar refractivity (Wildman–Crippen MR) is 62.6 cm³/mol. The second kappa shape index (κ2) is 5.38. The van der Waals surface area contributed by atoms with Crippen molar-refractivity contribution >= 4 is 0 Å². The van der Waals surface area contributed by atoms with Crippen LogP contribution in [0.1, 0.15) is 11.6 Å². The fourth-order valence-corrected chi connectivity index (χ4v) is 1.36. The first-order valence-electron chi connectivity index (χ1n) is 5.21. The molecule has 5 nitrogen and oxygen atoms in total. The van der Waals surface area contributed by atoms with E-state index in [-0.39, 0.29) is 12.6 Å². The summed E-state index contributed by atoms with van der Waals surface area (Å²) in [4.78, 5) is 7.91. The lowest BCUT2D eigenvalue weighted by molar-refractivity contribution is 0.268. The molecule has 0 bridgehead atoms. The van der Waals surface area contributed by atoms with E-state index in [9.17, 15) is 0 Å². The number of aromatic nitrogens is 2. The topological polar surface area (TPSA) is 81.3 Å². The Morgan fingerprint density at radius 1 is 1.24 bits per heavy atom. The van der Waals surface area contributed by atoms with Crippen molar-refractivity contribution in [2.75, 3.05) is 6.61 Å². The Balaban J connectivity index is 2.17. The van der Waals surface area contributed by atoms with Crippen LogP contribution in [0, 0.1) is 0 Å². The molecule has 0 aliphatic rings. The molecule has 1 heterocycles. The van der Waals surface area contributed by atoms with Gasteiger partial charge >= 0.3 is 6.01 Å². The van der Waals surface area contributed by atoms with Gasteiger partial charge in [0.05, 0.1) is 12.6 Å². The number of nitrogens with zero attached hydrogens (tertiary/aromatic N) is 2. The summed E-state index contributed by atoms with van der Waals surface area (Å²) >= 11 is 0. The van der Waals surface area contributed by atoms with E-state index in [0.717, 1.165) is 5.56 Å². The molecule has 2 rings (SSSR count). The van der Waals surface area contributed by atoms with E-state index in [4.69, 9.17) is 15.6 Å². The van der Waals surface area contributed by atoms with E-state index in [1.54, 1.807) is 30.6 Å². The van der Waals surface area contributed by atoms with Crippen molar-refractivity contribution in [1.29, 1.82) is 0 Å². The summed E-state index contributed by atoms with van der Waals surface area (Å²) < 4.78 is 5.45. The Morgan fingerprint density at radius 2 is 2.00 bits per heavy atom. The highest BCUT2D eigenvalue weighted by Crippen LogP contribution is 2.21. The maximum atomic E-state index is 8.98. The van der Waals surface area contributed by atoms with Crippen LogP contribution in [0.25, 0.3) is 0 Å². The predicted octanol–water partition coefficient (Wildman–Crippen LogP) is 1.26. The third kappa shape index (κ3) is 2.99. The van der Waals surface area contributed by atoms with Gasteiger partial charge in [0.25, 0.3) is 0 Å². The van der Waals surface area contributed by atoms with Crippen LogP contribution >= 0.6 is 0 Å². The summed E-state index contributed by atoms with van der Waals surface area (Å²) in [5.74, 6) is 0.595. The van der Waals surface area contributed by atoms with Crippen molar-refractivity contribution in [3.8, 4) is 11.8 Å². The highest BCUT2D eigenvalue weighted by atomic mass is 16.5. The zero-order valence-electron chi connectivity index (χ0n) is 9.15. The minimum atomic E-state index is -0.407. The molecule has 0 aliphatic carbocycles. The Bertz CT molecular complexity index is 476. The van der Waals surface area contributed by atoms with E-state index in [1.165, 1.54) is 0 Å². The van der Waals surface area contributed by atoms with Crippen molar-refractivity contribution in [3.63, 3.8) is 0 Å². The number of aliphatic hydroxyl groups excluding tert-OH is 1. The fourth-order valence-electron chi connectivity index (χ4n) is 1.36. The highest BCUT2D eigenvalue weighted by molar-refractivity contribution is 5.32. The molecule has 88 valence electrons. The quantitative estimate of drug-likeness (QED) is 0.827. The summed E-state index contributed by atoms with van der Waals surface area (Å²) in [6, 6.07) is 8.77. The van der Waals surface area contributed by atoms with Crippen LogP contribution < -0.4 is 10.5 Å². The van der Waals surface area contributed by atoms with Gasteiger partial charge in [0.15, 0.2) is 0 Å². The zero-order valence-corrected chi connectivity index (χ0v) is 9.15. The number of ether oxygens (including phenoxy) is 1. The molecular weight excluding hydrogens is 218 g/mol. The van der Waals surface area contributed by atoms with Gasteiger partial charge in [0.1, 0.15) is 5.75 Å². The minimum absolute atomic E-state index is 0.106. The second-order valence-corrected chi connectivity index (χ2v) is 3.49. The summed E-state index contributed by atoms with van der Waals surface area (Å²) in [6.07, 6.45) is 3.21. The van der Waals surface area contributed by atoms with Crippen LogP contribution in [0.3, 0.4) is 0 Å². The van der Waals surface area contributed by atoms with Gasteiger partial charge in [0, 0.05) is 12.4 Å². The Hall–Kier alpha value is -1.98. The first-order valence-corrected chi connectivity index (χ1v) is 5.21. The van der Waals surface area contributed by atoms with Gasteiger partial charge in [-0.05, 0) is 23.8 Å². The van der Waals surface area contributed by atoms with E-state index in [2.05, 4.69) is 9.97 Å². The summed E-state index contributed by atoms with van der Waals surface area (Å²) in [5, 5.41) is 8.98. The van der Waals surface area contributed by atoms with Gasteiger partial charge in [-0.1, -0.05) is 12.1 Å². The molecule has 0 unspecified atom stereocenters. The van der Waals surface area contributed by atoms with Gasteiger partial charge in [-0.25, -0.2) is 9.97 Å². The molecule has 1 atom stereocenters. The molecule has 1 aromatic carbocycles. The van der Waals surface area contributed by atoms with E-state index in [1.807, 2.05) is 12.1 Å². The Morgan fingerprint density at radius 3 is 2.71 bits per heavy atom. The van der Waals surface area contributed by atoms with Gasteiger partial charge in [-0.2, -0.15) is 0 Å². The first kappa shape index (κ1) is 11.5. The third-order valence-electron chi connectivity index (χ3n) is 2.23. The molecule has 0 radical (unpaired) electrons. The van der Waals surface area contributed by atoms with Crippen LogP contribution in [0.15, 0.2) is 42.7 Å². The van der Waals surface area contributed by atoms with Crippen LogP contribution in [-0.2, 0) is 0 Å². The largest absolute Gasteiger partial charge is 0.424 e. The lowest BCUT2D eigenvalue weighted by atomic mass is 10.1. The molecule has 0 spiro atoms. The maximum absolute atomic E-state index is 8.98. The molecule has 5 heteroatoms. The fraction of sp³-hybridized carbons (Fsp3) is 0.167. The number of nitrogens with two attached hydrogens (primary N) is 1. The normalized spacial score (nSPS) is 12.1. The van der Waals surface area contributed by atoms with E-state index in [0.29, 0.717) is 5.75 Å². The SMILES string of the molecule is N[C@H](CO)c1cccc(Oc2ncccn2)c1. The Labute approximate surface area is 98.9 Å². The molecule has 0 fully saturated rings.